The lowest BCUT2D eigenvalue weighted by Gasteiger charge is -2.14. The van der Waals surface area contributed by atoms with Crippen LogP contribution in [0.4, 0.5) is 0 Å². The standard InChI is InChI=1S/C22H15BrCl3N3/c1-11(2)21-28-20(26)17-10-16(12-3-6-14(24)7-4-12)19(27-22(17)29-21)15-8-5-13(23)9-18(15)25/h3-11H,1-2H3. The average Bonchev–Trinajstić information content (AvgIpc) is 2.68. The summed E-state index contributed by atoms with van der Waals surface area (Å²) in [5.41, 5.74) is 3.90. The fourth-order valence-corrected chi connectivity index (χ4v) is 4.14. The van der Waals surface area contributed by atoms with E-state index >= 15 is 0 Å². The number of hydrogen-bond donors (Lipinski definition) is 0. The van der Waals surface area contributed by atoms with Gasteiger partial charge in [-0.25, -0.2) is 15.0 Å². The number of fused-ring (bicyclic) bond motifs is 1. The maximum atomic E-state index is 6.56. The van der Waals surface area contributed by atoms with Crippen LogP contribution >= 0.6 is 50.7 Å². The van der Waals surface area contributed by atoms with E-state index < -0.39 is 0 Å². The van der Waals surface area contributed by atoms with Crippen molar-refractivity contribution in [3.05, 3.63) is 74.0 Å². The van der Waals surface area contributed by atoms with Crippen molar-refractivity contribution in [2.45, 2.75) is 19.8 Å². The van der Waals surface area contributed by atoms with Crippen molar-refractivity contribution in [2.24, 2.45) is 0 Å². The van der Waals surface area contributed by atoms with E-state index in [1.54, 1.807) is 0 Å². The molecule has 2 aromatic heterocycles. The third-order valence-electron chi connectivity index (χ3n) is 4.52. The van der Waals surface area contributed by atoms with Gasteiger partial charge in [0, 0.05) is 26.5 Å². The smallest absolute Gasteiger partial charge is 0.165 e. The zero-order chi connectivity index (χ0) is 20.7. The summed E-state index contributed by atoms with van der Waals surface area (Å²) in [6.45, 7) is 4.04. The van der Waals surface area contributed by atoms with Crippen LogP contribution in [0.3, 0.4) is 0 Å². The maximum absolute atomic E-state index is 6.56. The van der Waals surface area contributed by atoms with Gasteiger partial charge in [-0.05, 0) is 35.9 Å². The predicted molar refractivity (Wildman–Crippen MR) is 125 cm³/mol. The van der Waals surface area contributed by atoms with Crippen LogP contribution in [0.25, 0.3) is 33.4 Å². The van der Waals surface area contributed by atoms with E-state index in [0.717, 1.165) is 26.9 Å². The first-order chi connectivity index (χ1) is 13.8. The second-order valence-corrected chi connectivity index (χ2v) is 9.03. The number of pyridine rings is 1. The monoisotopic (exact) mass is 505 g/mol. The summed E-state index contributed by atoms with van der Waals surface area (Å²) in [4.78, 5) is 14.0. The van der Waals surface area contributed by atoms with Crippen molar-refractivity contribution in [1.29, 1.82) is 0 Å². The molecule has 3 nitrogen and oxygen atoms in total. The molecule has 7 heteroatoms. The van der Waals surface area contributed by atoms with Gasteiger partial charge >= 0.3 is 0 Å². The van der Waals surface area contributed by atoms with Crippen molar-refractivity contribution >= 4 is 61.8 Å². The van der Waals surface area contributed by atoms with Crippen molar-refractivity contribution in [3.8, 4) is 22.4 Å². The molecule has 0 aliphatic rings. The van der Waals surface area contributed by atoms with Crippen LogP contribution < -0.4 is 0 Å². The van der Waals surface area contributed by atoms with Gasteiger partial charge in [0.15, 0.2) is 5.65 Å². The predicted octanol–water partition coefficient (Wildman–Crippen LogP) is 8.20. The molecule has 0 fully saturated rings. The van der Waals surface area contributed by atoms with Gasteiger partial charge in [-0.3, -0.25) is 0 Å². The normalized spacial score (nSPS) is 11.4. The molecule has 0 spiro atoms. The molecule has 0 saturated heterocycles. The summed E-state index contributed by atoms with van der Waals surface area (Å²) < 4.78 is 0.896. The van der Waals surface area contributed by atoms with Crippen LogP contribution in [0.15, 0.2) is 53.0 Å². The molecule has 146 valence electrons. The van der Waals surface area contributed by atoms with E-state index in [1.165, 1.54) is 0 Å². The number of benzene rings is 2. The number of aromatic nitrogens is 3. The highest BCUT2D eigenvalue weighted by Crippen LogP contribution is 2.39. The zero-order valence-corrected chi connectivity index (χ0v) is 19.4. The third kappa shape index (κ3) is 4.13. The van der Waals surface area contributed by atoms with Crippen LogP contribution in [0.2, 0.25) is 15.2 Å². The molecule has 0 unspecified atom stereocenters. The lowest BCUT2D eigenvalue weighted by Crippen LogP contribution is -2.01. The first kappa shape index (κ1) is 20.5. The zero-order valence-electron chi connectivity index (χ0n) is 15.5. The maximum Gasteiger partial charge on any atom is 0.165 e. The lowest BCUT2D eigenvalue weighted by molar-refractivity contribution is 0.781. The van der Waals surface area contributed by atoms with Gasteiger partial charge in [-0.1, -0.05) is 82.8 Å². The Bertz CT molecular complexity index is 1220. The molecule has 0 bridgehead atoms. The van der Waals surface area contributed by atoms with Gasteiger partial charge in [0.1, 0.15) is 11.0 Å². The Hall–Kier alpha value is -1.72. The highest BCUT2D eigenvalue weighted by atomic mass is 79.9. The summed E-state index contributed by atoms with van der Waals surface area (Å²) in [6, 6.07) is 15.3. The number of nitrogens with zero attached hydrogens (tertiary/aromatic N) is 3. The van der Waals surface area contributed by atoms with Crippen molar-refractivity contribution in [2.75, 3.05) is 0 Å². The molecule has 0 saturated carbocycles. The van der Waals surface area contributed by atoms with E-state index in [2.05, 4.69) is 25.9 Å². The minimum Gasteiger partial charge on any atom is -0.227 e. The summed E-state index contributed by atoms with van der Waals surface area (Å²) in [6.07, 6.45) is 0. The van der Waals surface area contributed by atoms with Crippen molar-refractivity contribution < 1.29 is 0 Å². The largest absolute Gasteiger partial charge is 0.227 e. The Balaban J connectivity index is 2.06. The average molecular weight is 508 g/mol. The molecule has 29 heavy (non-hydrogen) atoms. The summed E-state index contributed by atoms with van der Waals surface area (Å²) in [5.74, 6) is 0.788. The van der Waals surface area contributed by atoms with Gasteiger partial charge < -0.3 is 0 Å². The van der Waals surface area contributed by atoms with Crippen LogP contribution in [0, 0.1) is 0 Å². The van der Waals surface area contributed by atoms with E-state index in [4.69, 9.17) is 39.8 Å². The SMILES string of the molecule is CC(C)c1nc(Cl)c2cc(-c3ccc(Cl)cc3)c(-c3ccc(Br)cc3Cl)nc2n1. The Kier molecular flexibility index (Phi) is 5.80. The highest BCUT2D eigenvalue weighted by Gasteiger charge is 2.18. The van der Waals surface area contributed by atoms with Gasteiger partial charge in [0.2, 0.25) is 0 Å². The Labute approximate surface area is 192 Å². The minimum atomic E-state index is 0.134. The molecule has 0 N–H and O–H groups in total. The molecule has 4 rings (SSSR count). The second-order valence-electron chi connectivity index (χ2n) is 6.91. The molecule has 0 aliphatic heterocycles. The van der Waals surface area contributed by atoms with E-state index in [1.807, 2.05) is 62.4 Å². The quantitative estimate of drug-likeness (QED) is 0.262. The topological polar surface area (TPSA) is 38.7 Å². The van der Waals surface area contributed by atoms with Crippen LogP contribution in [0.1, 0.15) is 25.6 Å². The van der Waals surface area contributed by atoms with Crippen molar-refractivity contribution in [3.63, 3.8) is 0 Å². The van der Waals surface area contributed by atoms with Crippen LogP contribution in [0.5, 0.6) is 0 Å². The van der Waals surface area contributed by atoms with E-state index in [9.17, 15) is 0 Å². The minimum absolute atomic E-state index is 0.134. The second kappa shape index (κ2) is 8.19. The number of rotatable bonds is 3. The van der Waals surface area contributed by atoms with Crippen molar-refractivity contribution in [1.82, 2.24) is 15.0 Å². The van der Waals surface area contributed by atoms with Gasteiger partial charge in [0.25, 0.3) is 0 Å². The first-order valence-electron chi connectivity index (χ1n) is 8.93. The Morgan fingerprint density at radius 1 is 0.828 bits per heavy atom. The summed E-state index contributed by atoms with van der Waals surface area (Å²) in [7, 11) is 0. The lowest BCUT2D eigenvalue weighted by atomic mass is 9.98. The Morgan fingerprint density at radius 3 is 2.21 bits per heavy atom. The number of hydrogen-bond acceptors (Lipinski definition) is 3. The van der Waals surface area contributed by atoms with Crippen LogP contribution in [-0.2, 0) is 0 Å². The van der Waals surface area contributed by atoms with E-state index in [0.29, 0.717) is 32.1 Å². The fourth-order valence-electron chi connectivity index (χ4n) is 3.03. The highest BCUT2D eigenvalue weighted by molar-refractivity contribution is 9.10. The van der Waals surface area contributed by atoms with E-state index in [-0.39, 0.29) is 5.92 Å². The summed E-state index contributed by atoms with van der Waals surface area (Å²) >= 11 is 22.6. The van der Waals surface area contributed by atoms with Crippen LogP contribution in [-0.4, -0.2) is 15.0 Å². The third-order valence-corrected chi connectivity index (χ3v) is 5.86. The molecule has 2 aromatic carbocycles. The molecule has 0 atom stereocenters. The molecule has 0 radical (unpaired) electrons. The molecule has 2 heterocycles. The molecule has 4 aromatic rings. The Morgan fingerprint density at radius 2 is 1.55 bits per heavy atom. The van der Waals surface area contributed by atoms with Gasteiger partial charge in [-0.15, -0.1) is 0 Å². The fraction of sp³-hybridized carbons (Fsp3) is 0.136. The molecular formula is C22H15BrCl3N3. The van der Waals surface area contributed by atoms with Gasteiger partial charge in [0.05, 0.1) is 16.1 Å². The molecule has 0 amide bonds. The number of halogens is 4. The van der Waals surface area contributed by atoms with Gasteiger partial charge in [-0.2, -0.15) is 0 Å². The summed E-state index contributed by atoms with van der Waals surface area (Å²) in [5, 5.41) is 2.33. The molecular weight excluding hydrogens is 493 g/mol. The first-order valence-corrected chi connectivity index (χ1v) is 10.9. The molecule has 0 aliphatic carbocycles.